The third kappa shape index (κ3) is 9.50. The van der Waals surface area contributed by atoms with Crippen LogP contribution in [0.15, 0.2) is 65.8 Å². The minimum atomic E-state index is -2.27. The molecule has 3 fully saturated rings. The molecule has 5 rings (SSSR count). The Morgan fingerprint density at radius 2 is 1.75 bits per heavy atom. The number of hydrogen-bond acceptors (Lipinski definition) is 7. The van der Waals surface area contributed by atoms with Gasteiger partial charge in [-0.3, -0.25) is 0 Å². The molecule has 7 nitrogen and oxygen atoms in total. The number of ether oxygens (including phenoxy) is 3. The molecular formula is C43H64O7SeSi. The van der Waals surface area contributed by atoms with E-state index in [9.17, 15) is 14.7 Å². The normalized spacial score (nSPS) is 39.4. The van der Waals surface area contributed by atoms with Crippen molar-refractivity contribution in [3.8, 4) is 0 Å². The first kappa shape index (κ1) is 41.3. The van der Waals surface area contributed by atoms with Crippen LogP contribution in [-0.4, -0.2) is 76.4 Å². The van der Waals surface area contributed by atoms with Crippen molar-refractivity contribution in [1.29, 1.82) is 0 Å². The zero-order valence-corrected chi connectivity index (χ0v) is 36.0. The van der Waals surface area contributed by atoms with Gasteiger partial charge in [0.1, 0.15) is 0 Å². The minimum absolute atomic E-state index is 0.0237. The summed E-state index contributed by atoms with van der Waals surface area (Å²) in [4.78, 5) is 29.2. The number of ketones is 1. The fourth-order valence-electron chi connectivity index (χ4n) is 7.87. The maximum atomic E-state index is 14.8. The van der Waals surface area contributed by atoms with Crippen molar-refractivity contribution in [2.75, 3.05) is 6.61 Å². The summed E-state index contributed by atoms with van der Waals surface area (Å²) in [7, 11) is -2.27. The number of carbonyl (C=O) groups is 2. The summed E-state index contributed by atoms with van der Waals surface area (Å²) in [6, 6.07) is 10.0. The number of hydrogen-bond donors (Lipinski definition) is 1. The summed E-state index contributed by atoms with van der Waals surface area (Å²) in [5, 5.41) is 12.9. The van der Waals surface area contributed by atoms with Gasteiger partial charge in [-0.2, -0.15) is 0 Å². The number of benzene rings is 1. The predicted molar refractivity (Wildman–Crippen MR) is 211 cm³/mol. The number of fused-ring (bicyclic) bond motifs is 3. The first-order valence-corrected chi connectivity index (χ1v) is 24.1. The van der Waals surface area contributed by atoms with E-state index in [4.69, 9.17) is 18.6 Å². The first-order chi connectivity index (χ1) is 24.2. The third-order valence-corrected chi connectivity index (χ3v) is 19.8. The van der Waals surface area contributed by atoms with Crippen molar-refractivity contribution in [3.63, 3.8) is 0 Å². The zero-order valence-electron chi connectivity index (χ0n) is 33.3. The molecule has 288 valence electrons. The van der Waals surface area contributed by atoms with Crippen LogP contribution in [0.4, 0.5) is 0 Å². The van der Waals surface area contributed by atoms with E-state index in [0.717, 1.165) is 23.7 Å². The summed E-state index contributed by atoms with van der Waals surface area (Å²) < 4.78 is 27.0. The van der Waals surface area contributed by atoms with E-state index in [1.807, 2.05) is 49.4 Å². The van der Waals surface area contributed by atoms with Gasteiger partial charge in [0.2, 0.25) is 0 Å². The second-order valence-corrected chi connectivity index (χ2v) is 26.1. The Hall–Kier alpha value is -1.84. The zero-order chi connectivity index (χ0) is 38.1. The Balaban J connectivity index is 1.58. The molecule has 3 heterocycles. The molecule has 2 bridgehead atoms. The number of aliphatic hydroxyl groups is 1. The third-order valence-electron chi connectivity index (χ3n) is 12.5. The molecule has 1 unspecified atom stereocenters. The monoisotopic (exact) mass is 800 g/mol. The van der Waals surface area contributed by atoms with E-state index < -0.39 is 42.0 Å². The summed E-state index contributed by atoms with van der Waals surface area (Å²) in [6.45, 7) is 21.7. The van der Waals surface area contributed by atoms with Crippen LogP contribution in [0.25, 0.3) is 0 Å². The summed E-state index contributed by atoms with van der Waals surface area (Å²) in [6.07, 6.45) is 12.0. The van der Waals surface area contributed by atoms with Gasteiger partial charge in [-0.05, 0) is 0 Å². The first-order valence-electron chi connectivity index (χ1n) is 19.5. The van der Waals surface area contributed by atoms with Crippen LogP contribution in [0.1, 0.15) is 107 Å². The van der Waals surface area contributed by atoms with Crippen LogP contribution in [0.2, 0.25) is 22.4 Å². The molecule has 0 aromatic heterocycles. The molecule has 0 radical (unpaired) electrons. The molecule has 1 saturated carbocycles. The molecule has 3 aliphatic heterocycles. The Morgan fingerprint density at radius 1 is 1.04 bits per heavy atom. The summed E-state index contributed by atoms with van der Waals surface area (Å²) in [5.74, 6) is -1.63. The summed E-state index contributed by atoms with van der Waals surface area (Å²) in [5.41, 5.74) is 0.0650. The van der Waals surface area contributed by atoms with Gasteiger partial charge < -0.3 is 0 Å². The van der Waals surface area contributed by atoms with Gasteiger partial charge in [-0.25, -0.2) is 0 Å². The van der Waals surface area contributed by atoms with Crippen LogP contribution in [0.3, 0.4) is 0 Å². The van der Waals surface area contributed by atoms with E-state index in [0.29, 0.717) is 30.8 Å². The Bertz CT molecular complexity index is 1530. The molecule has 1 aliphatic carbocycles. The van der Waals surface area contributed by atoms with E-state index in [1.165, 1.54) is 5.57 Å². The number of carbonyl (C=O) groups excluding carboxylic acids is 2. The standard InChI is InChI=1S/C43H64O7SeSi/c1-29-15-14-16-33(28-47-52(9,10)40(5,6)7)43(46)27-38(44)41(8,51-36-17-12-11-13-18-36)26-37(43)39(45)48-35-24-34(20-19-30(2)23-29)50-42(25-35)22-21-31(3)32(4)49-42/h11-19,29,31-32,34-35,37,46H,20-28H2,1-10H3/b15-14+,30-19+,33-16+/t29-,31-,32+,34+,35-,37-,41?,42-,43+/m0/s1. The number of esters is 1. The number of Topliss-reactive ketones (excluding diaryl/α,β-unsaturated/α-hetero) is 1. The molecule has 1 spiro atoms. The molecule has 9 heteroatoms. The number of rotatable bonds is 5. The average Bonchev–Trinajstić information content (AvgIpc) is 3.05. The van der Waals surface area contributed by atoms with Gasteiger partial charge in [-0.15, -0.1) is 0 Å². The second-order valence-electron chi connectivity index (χ2n) is 18.0. The topological polar surface area (TPSA) is 91.3 Å². The van der Waals surface area contributed by atoms with Crippen molar-refractivity contribution >= 4 is 39.5 Å². The SMILES string of the molecule is C/C1=C\C[C@@H]2C[C@@H](C[C@]3(CC[C@H](C)[C@@H](C)O3)O2)OC(=O)[C@@H]2CC(C)([Se]c3ccccc3)C(=O)C[C@@]2(O)/C(CO[Si](C)(C)C(C)(C)C)=C/C=C/[C@H](C)C1. The molecule has 1 aromatic rings. The fraction of sp³-hybridized carbons (Fsp3) is 0.674. The van der Waals surface area contributed by atoms with E-state index in [2.05, 4.69) is 73.7 Å². The molecular weight excluding hydrogens is 736 g/mol. The van der Waals surface area contributed by atoms with Gasteiger partial charge in [0.05, 0.1) is 0 Å². The van der Waals surface area contributed by atoms with Crippen LogP contribution >= 0.6 is 0 Å². The molecule has 1 aromatic carbocycles. The Kier molecular flexibility index (Phi) is 12.8. The van der Waals surface area contributed by atoms with Crippen molar-refractivity contribution < 1.29 is 33.3 Å². The summed E-state index contributed by atoms with van der Waals surface area (Å²) >= 11 is -0.264. The van der Waals surface area contributed by atoms with Crippen LogP contribution < -0.4 is 4.46 Å². The quantitative estimate of drug-likeness (QED) is 0.182. The van der Waals surface area contributed by atoms with Crippen LogP contribution in [0.5, 0.6) is 0 Å². The molecule has 2 saturated heterocycles. The fourth-order valence-corrected chi connectivity index (χ4v) is 11.4. The van der Waals surface area contributed by atoms with Crippen molar-refractivity contribution in [2.45, 2.75) is 159 Å². The predicted octanol–water partition coefficient (Wildman–Crippen LogP) is 8.41. The van der Waals surface area contributed by atoms with Crippen molar-refractivity contribution in [1.82, 2.24) is 0 Å². The molecule has 52 heavy (non-hydrogen) atoms. The van der Waals surface area contributed by atoms with Gasteiger partial charge >= 0.3 is 322 Å². The second kappa shape index (κ2) is 16.1. The molecule has 0 amide bonds. The van der Waals surface area contributed by atoms with Gasteiger partial charge in [0, 0.05) is 0 Å². The Morgan fingerprint density at radius 3 is 2.42 bits per heavy atom. The maximum absolute atomic E-state index is 14.8. The van der Waals surface area contributed by atoms with E-state index >= 15 is 0 Å². The molecule has 1 N–H and O–H groups in total. The van der Waals surface area contributed by atoms with Gasteiger partial charge in [0.15, 0.2) is 0 Å². The molecule has 9 atom stereocenters. The number of allylic oxidation sites excluding steroid dienone is 4. The van der Waals surface area contributed by atoms with Crippen molar-refractivity contribution in [2.24, 2.45) is 17.8 Å². The van der Waals surface area contributed by atoms with E-state index in [-0.39, 0.29) is 63.4 Å². The molecule has 4 aliphatic rings. The van der Waals surface area contributed by atoms with Gasteiger partial charge in [-0.1, -0.05) is 0 Å². The van der Waals surface area contributed by atoms with E-state index in [1.54, 1.807) is 0 Å². The van der Waals surface area contributed by atoms with Crippen molar-refractivity contribution in [3.05, 3.63) is 65.8 Å². The Labute approximate surface area is 320 Å². The van der Waals surface area contributed by atoms with Gasteiger partial charge in [0.25, 0.3) is 0 Å². The average molecular weight is 800 g/mol. The van der Waals surface area contributed by atoms with Crippen LogP contribution in [0, 0.1) is 17.8 Å². The van der Waals surface area contributed by atoms with Crippen LogP contribution in [-0.2, 0) is 28.2 Å².